The maximum atomic E-state index is 11.8. The van der Waals surface area contributed by atoms with Crippen LogP contribution in [0.15, 0.2) is 107 Å². The molecule has 25 heteroatoms. The quantitative estimate of drug-likeness (QED) is 0.0993. The zero-order valence-electron chi connectivity index (χ0n) is 24.6. The summed E-state index contributed by atoms with van der Waals surface area (Å²) in [5, 5.41) is 24.7. The first kappa shape index (κ1) is 46.8. The molecule has 4 aromatic carbocycles. The molecule has 0 fully saturated rings. The van der Waals surface area contributed by atoms with E-state index in [-0.39, 0.29) is 140 Å². The smallest absolute Gasteiger partial charge is 0.744 e. The maximum absolute atomic E-state index is 11.8. The number of azo groups is 2. The monoisotopic (exact) mass is 760 g/mol. The van der Waals surface area contributed by atoms with Crippen LogP contribution in [0.25, 0.3) is 10.8 Å². The number of aromatic hydroxyl groups is 1. The van der Waals surface area contributed by atoms with Crippen molar-refractivity contribution >= 4 is 74.0 Å². The van der Waals surface area contributed by atoms with Crippen LogP contribution in [0.3, 0.4) is 0 Å². The van der Waals surface area contributed by atoms with Crippen molar-refractivity contribution in [3.63, 3.8) is 0 Å². The molecule has 0 aliphatic heterocycles. The summed E-state index contributed by atoms with van der Waals surface area (Å²) < 4.78 is 138. The minimum Gasteiger partial charge on any atom is -0.744 e. The average Bonchev–Trinajstić information content (AvgIpc) is 2.89. The van der Waals surface area contributed by atoms with Gasteiger partial charge >= 0.3 is 118 Å². The third kappa shape index (κ3) is 11.9. The van der Waals surface area contributed by atoms with Gasteiger partial charge in [0.2, 0.25) is 0 Å². The normalized spacial score (nSPS) is 12.2. The molecule has 47 heavy (non-hydrogen) atoms. The zero-order chi connectivity index (χ0) is 32.0. The molecule has 0 aliphatic rings. The van der Waals surface area contributed by atoms with Gasteiger partial charge in [0, 0.05) is 5.39 Å². The predicted molar refractivity (Wildman–Crippen MR) is 139 cm³/mol. The van der Waals surface area contributed by atoms with Gasteiger partial charge in [-0.15, -0.1) is 10.2 Å². The van der Waals surface area contributed by atoms with Gasteiger partial charge in [-0.1, -0.05) is 6.07 Å². The Hall–Kier alpha value is -0.220. The van der Waals surface area contributed by atoms with Crippen LogP contribution in [0, 0.1) is 0 Å². The van der Waals surface area contributed by atoms with Gasteiger partial charge in [-0.2, -0.15) is 10.2 Å². The van der Waals surface area contributed by atoms with E-state index in [4.69, 9.17) is 0 Å². The molecule has 0 bridgehead atoms. The van der Waals surface area contributed by atoms with Gasteiger partial charge in [0.15, 0.2) is 5.75 Å². The standard InChI is InChI=1S/C22H16N4O13S4.4Na/c27-22-20(43(37,38)39)10-12-9-16(41(31,32)33)6-7-17(12)21(22)26-25-18-11-14(3-8-19(18)42(34,35)36)24-23-13-1-4-15(5-2-13)40(28,29)30;;;;/h1-11,27H,(H,28,29,30)(H,31,32,33)(H,34,35,36)(H,37,38,39);;;;/q;4*+1/p-4. The van der Waals surface area contributed by atoms with Crippen LogP contribution in [0.4, 0.5) is 22.7 Å². The summed E-state index contributed by atoms with van der Waals surface area (Å²) in [7, 11) is -20.4. The summed E-state index contributed by atoms with van der Waals surface area (Å²) in [5.41, 5.74) is -1.54. The van der Waals surface area contributed by atoms with E-state index < -0.39 is 77.2 Å². The number of phenolic OH excluding ortho intramolecular Hbond substituents is 1. The van der Waals surface area contributed by atoms with Gasteiger partial charge in [-0.25, -0.2) is 33.7 Å². The van der Waals surface area contributed by atoms with Gasteiger partial charge < -0.3 is 23.3 Å². The van der Waals surface area contributed by atoms with E-state index in [1.54, 1.807) is 0 Å². The van der Waals surface area contributed by atoms with E-state index in [1.165, 1.54) is 0 Å². The fourth-order valence-electron chi connectivity index (χ4n) is 3.53. The van der Waals surface area contributed by atoms with Crippen LogP contribution in [0.1, 0.15) is 0 Å². The van der Waals surface area contributed by atoms with Gasteiger partial charge in [0.25, 0.3) is 0 Å². The Morgan fingerprint density at radius 2 is 0.979 bits per heavy atom. The minimum atomic E-state index is -5.41. The number of rotatable bonds is 8. The first-order chi connectivity index (χ1) is 19.7. The average molecular weight is 761 g/mol. The Balaban J connectivity index is 0.00000529. The Kier molecular flexibility index (Phi) is 17.7. The largest absolute Gasteiger partial charge is 1.00 e. The molecular weight excluding hydrogens is 748 g/mol. The maximum Gasteiger partial charge on any atom is 1.00 e. The molecule has 0 radical (unpaired) electrons. The zero-order valence-corrected chi connectivity index (χ0v) is 35.9. The van der Waals surface area contributed by atoms with Crippen LogP contribution in [0.5, 0.6) is 5.75 Å². The number of nitrogens with zero attached hydrogens (tertiary/aromatic N) is 4. The summed E-state index contributed by atoms with van der Waals surface area (Å²) in [6, 6.07) is 9.94. The molecule has 0 aliphatic carbocycles. The molecule has 17 nitrogen and oxygen atoms in total. The van der Waals surface area contributed by atoms with Gasteiger partial charge in [0.05, 0.1) is 31.0 Å². The molecule has 0 unspecified atom stereocenters. The van der Waals surface area contributed by atoms with Gasteiger partial charge in [-0.3, -0.25) is 0 Å². The molecule has 4 aromatic rings. The van der Waals surface area contributed by atoms with Crippen LogP contribution in [-0.4, -0.2) is 57.0 Å². The molecular formula is C22H12N4Na4O13S4. The van der Waals surface area contributed by atoms with Crippen molar-refractivity contribution < 1.29 is 175 Å². The van der Waals surface area contributed by atoms with E-state index >= 15 is 0 Å². The SMILES string of the molecule is O=S(=O)([O-])c1ccc(N=Nc2ccc(S(=O)(=O)[O-])c(N=Nc3c(O)c(S(=O)(=O)[O-])cc4cc(S(=O)(=O)[O-])ccc34)c2)cc1.[Na+].[Na+].[Na+].[Na+]. The molecule has 226 valence electrons. The summed E-state index contributed by atoms with van der Waals surface area (Å²) in [6.07, 6.45) is 0. The first-order valence-corrected chi connectivity index (χ1v) is 16.6. The molecule has 0 saturated carbocycles. The minimum absolute atomic E-state index is 0. The summed E-state index contributed by atoms with van der Waals surface area (Å²) in [4.78, 5) is -3.57. The van der Waals surface area contributed by atoms with E-state index in [0.29, 0.717) is 12.1 Å². The Labute approximate surface area is 356 Å². The molecule has 0 amide bonds. The molecule has 0 spiro atoms. The number of hydrogen-bond acceptors (Lipinski definition) is 17. The Morgan fingerprint density at radius 1 is 0.489 bits per heavy atom. The van der Waals surface area contributed by atoms with Crippen LogP contribution >= 0.6 is 0 Å². The second-order valence-electron chi connectivity index (χ2n) is 8.32. The number of benzene rings is 4. The van der Waals surface area contributed by atoms with Crippen molar-refractivity contribution in [3.8, 4) is 5.75 Å². The predicted octanol–water partition coefficient (Wildman–Crippen LogP) is -8.99. The van der Waals surface area contributed by atoms with E-state index in [2.05, 4.69) is 20.5 Å². The van der Waals surface area contributed by atoms with E-state index in [0.717, 1.165) is 54.6 Å². The molecule has 0 aromatic heterocycles. The molecule has 0 atom stereocenters. The van der Waals surface area contributed by atoms with Crippen LogP contribution < -0.4 is 118 Å². The van der Waals surface area contributed by atoms with E-state index in [1.807, 2.05) is 0 Å². The van der Waals surface area contributed by atoms with Gasteiger partial charge in [0.1, 0.15) is 51.8 Å². The van der Waals surface area contributed by atoms with Crippen molar-refractivity contribution in [2.45, 2.75) is 19.6 Å². The summed E-state index contributed by atoms with van der Waals surface area (Å²) >= 11 is 0. The topological polar surface area (TPSA) is 298 Å². The molecule has 0 heterocycles. The van der Waals surface area contributed by atoms with Crippen LogP contribution in [0.2, 0.25) is 0 Å². The second kappa shape index (κ2) is 17.8. The fraction of sp³-hybridized carbons (Fsp3) is 0. The third-order valence-corrected chi connectivity index (χ3v) is 8.87. The summed E-state index contributed by atoms with van der Waals surface area (Å²) in [6.45, 7) is 0. The van der Waals surface area contributed by atoms with Crippen molar-refractivity contribution in [3.05, 3.63) is 66.7 Å². The Bertz CT molecular complexity index is 2310. The third-order valence-electron chi connectivity index (χ3n) is 5.46. The first-order valence-electron chi connectivity index (χ1n) is 11.0. The van der Waals surface area contributed by atoms with Crippen molar-refractivity contribution in [2.75, 3.05) is 0 Å². The van der Waals surface area contributed by atoms with Gasteiger partial charge in [-0.05, 0) is 66.0 Å². The van der Waals surface area contributed by atoms with Crippen molar-refractivity contribution in [1.29, 1.82) is 0 Å². The fourth-order valence-corrected chi connectivity index (χ4v) is 5.70. The Morgan fingerprint density at radius 3 is 1.49 bits per heavy atom. The molecule has 0 saturated heterocycles. The number of fused-ring (bicyclic) bond motifs is 1. The number of phenols is 1. The van der Waals surface area contributed by atoms with Crippen LogP contribution in [-0.2, 0) is 40.5 Å². The van der Waals surface area contributed by atoms with E-state index in [9.17, 15) is 57.0 Å². The number of hydrogen-bond donors (Lipinski definition) is 1. The van der Waals surface area contributed by atoms with Crippen molar-refractivity contribution in [1.82, 2.24) is 0 Å². The molecule has 4 rings (SSSR count). The molecule has 1 N–H and O–H groups in total. The summed E-state index contributed by atoms with van der Waals surface area (Å²) in [5.74, 6) is -1.25. The second-order valence-corrected chi connectivity index (χ2v) is 13.8. The van der Waals surface area contributed by atoms with Crippen molar-refractivity contribution in [2.24, 2.45) is 20.5 Å².